The van der Waals surface area contributed by atoms with E-state index in [2.05, 4.69) is 50.8 Å². The number of benzene rings is 4. The van der Waals surface area contributed by atoms with E-state index >= 15 is 0 Å². The molecule has 1 atom stereocenters. The molecule has 3 heterocycles. The van der Waals surface area contributed by atoms with Gasteiger partial charge in [0.1, 0.15) is 11.5 Å². The molecule has 0 saturated carbocycles. The third kappa shape index (κ3) is 9.80. The second-order valence-corrected chi connectivity index (χ2v) is 18.7. The van der Waals surface area contributed by atoms with Gasteiger partial charge in [0.15, 0.2) is 0 Å². The van der Waals surface area contributed by atoms with Crippen LogP contribution in [0.25, 0.3) is 16.5 Å². The zero-order chi connectivity index (χ0) is 41.1. The Kier molecular flexibility index (Phi) is 12.1. The van der Waals surface area contributed by atoms with Gasteiger partial charge in [0.05, 0.1) is 36.4 Å². The number of H-pyrrole nitrogens is 1. The maximum atomic E-state index is 13.9. The van der Waals surface area contributed by atoms with Crippen LogP contribution in [0.15, 0.2) is 102 Å². The lowest BCUT2D eigenvalue weighted by Crippen LogP contribution is -2.47. The number of allylic oxidation sites excluding steroid dienone is 1. The predicted molar refractivity (Wildman–Crippen MR) is 234 cm³/mol. The van der Waals surface area contributed by atoms with Crippen molar-refractivity contribution in [3.63, 3.8) is 0 Å². The first kappa shape index (κ1) is 40.9. The SMILES string of the molecule is Cc1cc(S(=O)(=O)NC(=O)c2ccc(N3CCN(CC4=C(c5ccc(Cl)cc5)CC(C)(C)CC4)CC3)cc2Oc2ccc3[nH]ccc3c2)ccc1NCC1COCCO1. The van der Waals surface area contributed by atoms with Gasteiger partial charge in [0.2, 0.25) is 0 Å². The van der Waals surface area contributed by atoms with Gasteiger partial charge in [-0.25, -0.2) is 13.1 Å². The molecular weight excluding hydrogens is 786 g/mol. The number of nitrogens with zero attached hydrogens (tertiary/aromatic N) is 2. The van der Waals surface area contributed by atoms with E-state index in [-0.39, 0.29) is 27.7 Å². The summed E-state index contributed by atoms with van der Waals surface area (Å²) in [6.07, 6.45) is 5.05. The molecule has 2 aliphatic heterocycles. The number of sulfonamides is 1. The number of anilines is 2. The Morgan fingerprint density at radius 3 is 2.54 bits per heavy atom. The van der Waals surface area contributed by atoms with Gasteiger partial charge in [-0.2, -0.15) is 0 Å². The standard InChI is InChI=1S/C46H52ClN5O6S/c1-31-24-39(10-13-42(31)49-28-38-30-56-22-23-57-38)59(54,55)50-45(53)40-11-8-36(26-44(40)58-37-9-12-43-33(25-37)15-17-48-43)52-20-18-51(19-21-52)29-34-14-16-46(2,3)27-41(34)32-4-6-35(47)7-5-32/h4-13,15,17,24-26,38,48-49H,14,16,18-23,27-30H2,1-3H3,(H,50,53). The van der Waals surface area contributed by atoms with Gasteiger partial charge in [-0.3, -0.25) is 9.69 Å². The Bertz CT molecular complexity index is 2450. The molecule has 11 nitrogen and oxygen atoms in total. The number of aryl methyl sites for hydroxylation is 1. The average molecular weight is 838 g/mol. The van der Waals surface area contributed by atoms with E-state index in [9.17, 15) is 13.2 Å². The van der Waals surface area contributed by atoms with Crippen molar-refractivity contribution in [3.05, 3.63) is 118 Å². The summed E-state index contributed by atoms with van der Waals surface area (Å²) in [7, 11) is -4.23. The number of carbonyl (C=O) groups is 1. The Morgan fingerprint density at radius 1 is 0.966 bits per heavy atom. The summed E-state index contributed by atoms with van der Waals surface area (Å²) in [6, 6.07) is 25.9. The zero-order valence-electron chi connectivity index (χ0n) is 33.9. The van der Waals surface area contributed by atoms with E-state index in [1.807, 2.05) is 61.7 Å². The maximum Gasteiger partial charge on any atom is 0.268 e. The molecule has 2 saturated heterocycles. The largest absolute Gasteiger partial charge is 0.456 e. The van der Waals surface area contributed by atoms with E-state index in [0.29, 0.717) is 37.7 Å². The monoisotopic (exact) mass is 837 g/mol. The molecule has 310 valence electrons. The second-order valence-electron chi connectivity index (χ2n) is 16.6. The van der Waals surface area contributed by atoms with E-state index < -0.39 is 15.9 Å². The van der Waals surface area contributed by atoms with Crippen LogP contribution in [0.1, 0.15) is 54.6 Å². The normalized spacial score (nSPS) is 18.8. The number of carbonyl (C=O) groups excluding carboxylic acids is 1. The molecule has 2 fully saturated rings. The first-order chi connectivity index (χ1) is 28.4. The Balaban J connectivity index is 0.986. The van der Waals surface area contributed by atoms with Crippen LogP contribution in [0.4, 0.5) is 11.4 Å². The van der Waals surface area contributed by atoms with Crippen molar-refractivity contribution in [2.24, 2.45) is 5.41 Å². The minimum atomic E-state index is -4.23. The van der Waals surface area contributed by atoms with E-state index in [0.717, 1.165) is 79.3 Å². The van der Waals surface area contributed by atoms with Gasteiger partial charge in [0.25, 0.3) is 15.9 Å². The molecule has 8 rings (SSSR count). The number of halogens is 1. The zero-order valence-corrected chi connectivity index (χ0v) is 35.4. The van der Waals surface area contributed by atoms with Crippen LogP contribution in [0, 0.1) is 12.3 Å². The summed E-state index contributed by atoms with van der Waals surface area (Å²) in [5.74, 6) is 0.00821. The highest BCUT2D eigenvalue weighted by molar-refractivity contribution is 7.90. The van der Waals surface area contributed by atoms with E-state index in [1.54, 1.807) is 18.2 Å². The van der Waals surface area contributed by atoms with Crippen molar-refractivity contribution in [1.29, 1.82) is 0 Å². The average Bonchev–Trinajstić information content (AvgIpc) is 3.70. The molecule has 1 aromatic heterocycles. The molecule has 1 amide bonds. The van der Waals surface area contributed by atoms with Gasteiger partial charge in [-0.05, 0) is 115 Å². The second kappa shape index (κ2) is 17.4. The molecule has 1 aliphatic carbocycles. The van der Waals surface area contributed by atoms with E-state index in [4.69, 9.17) is 25.8 Å². The highest BCUT2D eigenvalue weighted by Gasteiger charge is 2.30. The summed E-state index contributed by atoms with van der Waals surface area (Å²) in [6.45, 7) is 12.9. The number of piperazine rings is 1. The van der Waals surface area contributed by atoms with Crippen LogP contribution in [-0.4, -0.2) is 89.4 Å². The molecule has 13 heteroatoms. The van der Waals surface area contributed by atoms with Gasteiger partial charge in [-0.15, -0.1) is 0 Å². The Labute approximate surface area is 351 Å². The van der Waals surface area contributed by atoms with E-state index in [1.165, 1.54) is 22.8 Å². The van der Waals surface area contributed by atoms with Crippen molar-refractivity contribution >= 4 is 55.4 Å². The first-order valence-electron chi connectivity index (χ1n) is 20.3. The van der Waals surface area contributed by atoms with Crippen LogP contribution >= 0.6 is 11.6 Å². The van der Waals surface area contributed by atoms with Gasteiger partial charge in [-0.1, -0.05) is 43.2 Å². The number of amides is 1. The van der Waals surface area contributed by atoms with Crippen LogP contribution in [0.5, 0.6) is 11.5 Å². The quantitative estimate of drug-likeness (QED) is 0.113. The topological polar surface area (TPSA) is 125 Å². The van der Waals surface area contributed by atoms with Gasteiger partial charge < -0.3 is 29.4 Å². The number of hydrogen-bond acceptors (Lipinski definition) is 9. The minimum absolute atomic E-state index is 0.0194. The maximum absolute atomic E-state index is 13.9. The molecule has 0 radical (unpaired) electrons. The van der Waals surface area contributed by atoms with Crippen molar-refractivity contribution in [3.8, 4) is 11.5 Å². The number of nitrogens with one attached hydrogen (secondary N) is 3. The number of rotatable bonds is 12. The third-order valence-corrected chi connectivity index (χ3v) is 13.2. The molecule has 0 spiro atoms. The van der Waals surface area contributed by atoms with Gasteiger partial charge in [0, 0.05) is 78.8 Å². The lowest BCUT2D eigenvalue weighted by molar-refractivity contribution is -0.0818. The first-order valence-corrected chi connectivity index (χ1v) is 22.2. The fourth-order valence-electron chi connectivity index (χ4n) is 8.22. The highest BCUT2D eigenvalue weighted by Crippen LogP contribution is 2.43. The van der Waals surface area contributed by atoms with Crippen LogP contribution in [0.3, 0.4) is 0 Å². The smallest absolute Gasteiger partial charge is 0.268 e. The molecular formula is C46H52ClN5O6S. The summed E-state index contributed by atoms with van der Waals surface area (Å²) in [5.41, 5.74) is 7.90. The van der Waals surface area contributed by atoms with Crippen LogP contribution in [0.2, 0.25) is 5.02 Å². The van der Waals surface area contributed by atoms with Crippen LogP contribution < -0.4 is 19.7 Å². The predicted octanol–water partition coefficient (Wildman–Crippen LogP) is 8.65. The van der Waals surface area contributed by atoms with Crippen molar-refractivity contribution in [2.45, 2.75) is 51.0 Å². The Morgan fingerprint density at radius 2 is 1.78 bits per heavy atom. The minimum Gasteiger partial charge on any atom is -0.456 e. The fourth-order valence-corrected chi connectivity index (χ4v) is 9.39. The van der Waals surface area contributed by atoms with Crippen molar-refractivity contribution < 1.29 is 27.4 Å². The number of ether oxygens (including phenoxy) is 3. The summed E-state index contributed by atoms with van der Waals surface area (Å²) in [5, 5.41) is 5.01. The molecule has 59 heavy (non-hydrogen) atoms. The lowest BCUT2D eigenvalue weighted by Gasteiger charge is -2.39. The third-order valence-electron chi connectivity index (χ3n) is 11.6. The van der Waals surface area contributed by atoms with Crippen molar-refractivity contribution in [2.75, 3.05) is 69.3 Å². The lowest BCUT2D eigenvalue weighted by atomic mass is 9.72. The molecule has 1 unspecified atom stereocenters. The van der Waals surface area contributed by atoms with Gasteiger partial charge >= 0.3 is 0 Å². The number of aromatic amines is 1. The molecule has 3 N–H and O–H groups in total. The molecule has 3 aliphatic rings. The fraction of sp³-hybridized carbons (Fsp3) is 0.370. The number of fused-ring (bicyclic) bond motifs is 1. The number of aromatic nitrogens is 1. The number of hydrogen-bond donors (Lipinski definition) is 3. The Hall–Kier alpha value is -4.85. The molecule has 4 aromatic carbocycles. The molecule has 5 aromatic rings. The van der Waals surface area contributed by atoms with Crippen molar-refractivity contribution in [1.82, 2.24) is 14.6 Å². The molecule has 0 bridgehead atoms. The summed E-state index contributed by atoms with van der Waals surface area (Å²) < 4.78 is 47.2. The summed E-state index contributed by atoms with van der Waals surface area (Å²) in [4.78, 5) is 21.9. The summed E-state index contributed by atoms with van der Waals surface area (Å²) >= 11 is 6.25. The highest BCUT2D eigenvalue weighted by atomic mass is 35.5. The van der Waals surface area contributed by atoms with Crippen LogP contribution in [-0.2, 0) is 19.5 Å².